The summed E-state index contributed by atoms with van der Waals surface area (Å²) in [4.78, 5) is 12.2. The van der Waals surface area contributed by atoms with Gasteiger partial charge in [-0.15, -0.1) is 0 Å². The lowest BCUT2D eigenvalue weighted by molar-refractivity contribution is 0.0940. The van der Waals surface area contributed by atoms with Gasteiger partial charge in [0.1, 0.15) is 0 Å². The summed E-state index contributed by atoms with van der Waals surface area (Å²) in [6.45, 7) is 8.74. The Kier molecular flexibility index (Phi) is 5.83. The fourth-order valence-corrected chi connectivity index (χ4v) is 1.70. The van der Waals surface area contributed by atoms with E-state index in [-0.39, 0.29) is 11.7 Å². The molecule has 106 valence electrons. The highest BCUT2D eigenvalue weighted by molar-refractivity contribution is 6.00. The average molecular weight is 265 g/mol. The molecule has 0 aliphatic rings. The predicted molar refractivity (Wildman–Crippen MR) is 75.9 cm³/mol. The SMILES string of the molecule is CCOc1ccc(C(=O)C(N)C(C)C)cc1OCC. The first-order valence-corrected chi connectivity index (χ1v) is 6.70. The lowest BCUT2D eigenvalue weighted by Crippen LogP contribution is -2.35. The van der Waals surface area contributed by atoms with Crippen molar-refractivity contribution in [1.82, 2.24) is 0 Å². The largest absolute Gasteiger partial charge is 0.490 e. The molecule has 1 rings (SSSR count). The van der Waals surface area contributed by atoms with Crippen LogP contribution in [0.25, 0.3) is 0 Å². The van der Waals surface area contributed by atoms with E-state index in [1.54, 1.807) is 18.2 Å². The van der Waals surface area contributed by atoms with Crippen LogP contribution in [0, 0.1) is 5.92 Å². The second-order valence-electron chi connectivity index (χ2n) is 4.66. The van der Waals surface area contributed by atoms with E-state index >= 15 is 0 Å². The van der Waals surface area contributed by atoms with Gasteiger partial charge in [0.05, 0.1) is 19.3 Å². The summed E-state index contributed by atoms with van der Waals surface area (Å²) >= 11 is 0. The first-order valence-electron chi connectivity index (χ1n) is 6.70. The number of hydrogen-bond donors (Lipinski definition) is 1. The van der Waals surface area contributed by atoms with E-state index in [0.29, 0.717) is 30.3 Å². The summed E-state index contributed by atoms with van der Waals surface area (Å²) < 4.78 is 11.0. The Morgan fingerprint density at radius 2 is 1.74 bits per heavy atom. The Morgan fingerprint density at radius 3 is 2.26 bits per heavy atom. The maximum atomic E-state index is 12.2. The summed E-state index contributed by atoms with van der Waals surface area (Å²) in [5.74, 6) is 1.28. The molecule has 0 saturated carbocycles. The number of benzene rings is 1. The van der Waals surface area contributed by atoms with Gasteiger partial charge in [0.2, 0.25) is 0 Å². The van der Waals surface area contributed by atoms with Gasteiger partial charge in [-0.2, -0.15) is 0 Å². The number of rotatable bonds is 7. The van der Waals surface area contributed by atoms with E-state index in [2.05, 4.69) is 0 Å². The van der Waals surface area contributed by atoms with Crippen molar-refractivity contribution in [2.45, 2.75) is 33.7 Å². The molecule has 4 nitrogen and oxygen atoms in total. The average Bonchev–Trinajstić information content (AvgIpc) is 2.39. The second-order valence-corrected chi connectivity index (χ2v) is 4.66. The minimum atomic E-state index is -0.493. The molecule has 0 spiro atoms. The van der Waals surface area contributed by atoms with Crippen molar-refractivity contribution in [2.24, 2.45) is 11.7 Å². The zero-order chi connectivity index (χ0) is 14.4. The van der Waals surface area contributed by atoms with Gasteiger partial charge in [-0.25, -0.2) is 0 Å². The Labute approximate surface area is 114 Å². The maximum absolute atomic E-state index is 12.2. The molecule has 0 aliphatic carbocycles. The van der Waals surface area contributed by atoms with Crippen molar-refractivity contribution in [3.05, 3.63) is 23.8 Å². The van der Waals surface area contributed by atoms with E-state index in [1.807, 2.05) is 27.7 Å². The highest BCUT2D eigenvalue weighted by Gasteiger charge is 2.20. The minimum absolute atomic E-state index is 0.0704. The Balaban J connectivity index is 3.03. The number of nitrogens with two attached hydrogens (primary N) is 1. The molecule has 19 heavy (non-hydrogen) atoms. The summed E-state index contributed by atoms with van der Waals surface area (Å²) in [6, 6.07) is 4.71. The predicted octanol–water partition coefficient (Wildman–Crippen LogP) is 2.65. The fourth-order valence-electron chi connectivity index (χ4n) is 1.70. The molecule has 0 aliphatic heterocycles. The van der Waals surface area contributed by atoms with Gasteiger partial charge in [-0.1, -0.05) is 13.8 Å². The van der Waals surface area contributed by atoms with Crippen LogP contribution in [0.4, 0.5) is 0 Å². The molecule has 1 aromatic carbocycles. The standard InChI is InChI=1S/C15H23NO3/c1-5-18-12-8-7-11(9-13(12)19-6-2)15(17)14(16)10(3)4/h7-10,14H,5-6,16H2,1-4H3. The maximum Gasteiger partial charge on any atom is 0.179 e. The summed E-state index contributed by atoms with van der Waals surface area (Å²) in [5, 5.41) is 0. The first-order chi connectivity index (χ1) is 9.01. The molecule has 1 aromatic rings. The van der Waals surface area contributed by atoms with Crippen LogP contribution in [0.15, 0.2) is 18.2 Å². The quantitative estimate of drug-likeness (QED) is 0.770. The van der Waals surface area contributed by atoms with E-state index in [9.17, 15) is 4.79 Å². The van der Waals surface area contributed by atoms with E-state index in [0.717, 1.165) is 0 Å². The van der Waals surface area contributed by atoms with E-state index in [4.69, 9.17) is 15.2 Å². The zero-order valence-electron chi connectivity index (χ0n) is 12.1. The Hall–Kier alpha value is -1.55. The van der Waals surface area contributed by atoms with Crippen LogP contribution < -0.4 is 15.2 Å². The molecule has 4 heteroatoms. The number of carbonyl (C=O) groups excluding carboxylic acids is 1. The number of ether oxygens (including phenoxy) is 2. The van der Waals surface area contributed by atoms with Crippen molar-refractivity contribution in [1.29, 1.82) is 0 Å². The fraction of sp³-hybridized carbons (Fsp3) is 0.533. The highest BCUT2D eigenvalue weighted by Crippen LogP contribution is 2.29. The van der Waals surface area contributed by atoms with Crippen molar-refractivity contribution in [3.63, 3.8) is 0 Å². The van der Waals surface area contributed by atoms with Gasteiger partial charge in [-0.3, -0.25) is 4.79 Å². The van der Waals surface area contributed by atoms with Crippen LogP contribution in [0.2, 0.25) is 0 Å². The number of Topliss-reactive ketones (excluding diaryl/α,β-unsaturated/α-hetero) is 1. The lowest BCUT2D eigenvalue weighted by atomic mass is 9.96. The van der Waals surface area contributed by atoms with Gasteiger partial charge in [0.25, 0.3) is 0 Å². The number of hydrogen-bond acceptors (Lipinski definition) is 4. The zero-order valence-corrected chi connectivity index (χ0v) is 12.1. The molecular formula is C15H23NO3. The van der Waals surface area contributed by atoms with Crippen molar-refractivity contribution in [2.75, 3.05) is 13.2 Å². The third-order valence-corrected chi connectivity index (χ3v) is 2.85. The van der Waals surface area contributed by atoms with Crippen LogP contribution in [0.3, 0.4) is 0 Å². The Bertz CT molecular complexity index is 429. The van der Waals surface area contributed by atoms with Crippen molar-refractivity contribution < 1.29 is 14.3 Å². The van der Waals surface area contributed by atoms with Gasteiger partial charge < -0.3 is 15.2 Å². The lowest BCUT2D eigenvalue weighted by Gasteiger charge is -2.16. The molecule has 0 saturated heterocycles. The molecule has 1 unspecified atom stereocenters. The van der Waals surface area contributed by atoms with Crippen LogP contribution in [0.1, 0.15) is 38.1 Å². The van der Waals surface area contributed by atoms with Crippen LogP contribution in [0.5, 0.6) is 11.5 Å². The summed E-state index contributed by atoms with van der Waals surface area (Å²) in [6.07, 6.45) is 0. The molecule has 0 amide bonds. The van der Waals surface area contributed by atoms with Crippen LogP contribution >= 0.6 is 0 Å². The molecule has 0 aromatic heterocycles. The highest BCUT2D eigenvalue weighted by atomic mass is 16.5. The minimum Gasteiger partial charge on any atom is -0.490 e. The molecule has 0 fully saturated rings. The number of ketones is 1. The third kappa shape index (κ3) is 3.96. The smallest absolute Gasteiger partial charge is 0.179 e. The van der Waals surface area contributed by atoms with E-state index in [1.165, 1.54) is 0 Å². The monoisotopic (exact) mass is 265 g/mol. The number of carbonyl (C=O) groups is 1. The molecular weight excluding hydrogens is 242 g/mol. The van der Waals surface area contributed by atoms with Gasteiger partial charge >= 0.3 is 0 Å². The van der Waals surface area contributed by atoms with Gasteiger partial charge in [-0.05, 0) is 38.0 Å². The molecule has 0 radical (unpaired) electrons. The van der Waals surface area contributed by atoms with Gasteiger partial charge in [0, 0.05) is 5.56 Å². The Morgan fingerprint density at radius 1 is 1.16 bits per heavy atom. The van der Waals surface area contributed by atoms with Crippen molar-refractivity contribution >= 4 is 5.78 Å². The third-order valence-electron chi connectivity index (χ3n) is 2.85. The first kappa shape index (κ1) is 15.5. The topological polar surface area (TPSA) is 61.5 Å². The summed E-state index contributed by atoms with van der Waals surface area (Å²) in [5.41, 5.74) is 6.45. The second kappa shape index (κ2) is 7.14. The normalized spacial score (nSPS) is 12.3. The molecule has 1 atom stereocenters. The summed E-state index contributed by atoms with van der Waals surface area (Å²) in [7, 11) is 0. The molecule has 0 bridgehead atoms. The molecule has 2 N–H and O–H groups in total. The molecule has 0 heterocycles. The van der Waals surface area contributed by atoms with Crippen molar-refractivity contribution in [3.8, 4) is 11.5 Å². The van der Waals surface area contributed by atoms with Gasteiger partial charge in [0.15, 0.2) is 17.3 Å². The van der Waals surface area contributed by atoms with Crippen LogP contribution in [-0.2, 0) is 0 Å². The van der Waals surface area contributed by atoms with E-state index < -0.39 is 6.04 Å². The van der Waals surface area contributed by atoms with Crippen LogP contribution in [-0.4, -0.2) is 25.0 Å².